The fourth-order valence-corrected chi connectivity index (χ4v) is 3.75. The first-order valence-electron chi connectivity index (χ1n) is 8.17. The third-order valence-corrected chi connectivity index (χ3v) is 5.21. The van der Waals surface area contributed by atoms with Crippen molar-refractivity contribution in [2.45, 2.75) is 69.5 Å². The van der Waals surface area contributed by atoms with Crippen molar-refractivity contribution in [3.05, 3.63) is 35.4 Å². The van der Waals surface area contributed by atoms with Gasteiger partial charge < -0.3 is 9.84 Å². The van der Waals surface area contributed by atoms with Gasteiger partial charge in [-0.1, -0.05) is 43.5 Å². The molecule has 0 aliphatic heterocycles. The van der Waals surface area contributed by atoms with Gasteiger partial charge in [0.15, 0.2) is 0 Å². The molecule has 2 saturated carbocycles. The average molecular weight is 274 g/mol. The van der Waals surface area contributed by atoms with E-state index in [9.17, 15) is 5.11 Å². The lowest BCUT2D eigenvalue weighted by molar-refractivity contribution is -0.118. The van der Waals surface area contributed by atoms with Crippen LogP contribution in [0.4, 0.5) is 0 Å². The summed E-state index contributed by atoms with van der Waals surface area (Å²) in [5.41, 5.74) is 2.11. The van der Waals surface area contributed by atoms with E-state index >= 15 is 0 Å². The lowest BCUT2D eigenvalue weighted by atomic mass is 9.79. The van der Waals surface area contributed by atoms with E-state index in [4.69, 9.17) is 4.74 Å². The zero-order valence-corrected chi connectivity index (χ0v) is 12.5. The van der Waals surface area contributed by atoms with Gasteiger partial charge in [0.1, 0.15) is 6.10 Å². The molecule has 2 heteroatoms. The van der Waals surface area contributed by atoms with Crippen LogP contribution < -0.4 is 0 Å². The number of ether oxygens (including phenoxy) is 1. The van der Waals surface area contributed by atoms with Gasteiger partial charge in [-0.15, -0.1) is 0 Å². The number of hydrogen-bond donors (Lipinski definition) is 1. The van der Waals surface area contributed by atoms with E-state index in [2.05, 4.69) is 24.3 Å². The molecule has 0 saturated heterocycles. The Bertz CT molecular complexity index is 427. The normalized spacial score (nSPS) is 23.5. The highest BCUT2D eigenvalue weighted by molar-refractivity contribution is 5.29. The predicted molar refractivity (Wildman–Crippen MR) is 80.8 cm³/mol. The molecular formula is C18H26O2. The molecule has 1 N–H and O–H groups in total. The number of rotatable bonds is 5. The topological polar surface area (TPSA) is 29.5 Å². The van der Waals surface area contributed by atoms with Gasteiger partial charge in [0.2, 0.25) is 0 Å². The molecule has 0 aromatic heterocycles. The highest BCUT2D eigenvalue weighted by atomic mass is 16.5. The van der Waals surface area contributed by atoms with Gasteiger partial charge in [-0.25, -0.2) is 0 Å². The second kappa shape index (κ2) is 5.87. The van der Waals surface area contributed by atoms with Crippen molar-refractivity contribution >= 4 is 0 Å². The Kier molecular flexibility index (Phi) is 4.13. The van der Waals surface area contributed by atoms with E-state index < -0.39 is 6.10 Å². The van der Waals surface area contributed by atoms with Crippen molar-refractivity contribution in [3.8, 4) is 0 Å². The highest BCUT2D eigenvalue weighted by Crippen LogP contribution is 2.43. The monoisotopic (exact) mass is 274 g/mol. The van der Waals surface area contributed by atoms with Gasteiger partial charge in [0.05, 0.1) is 5.60 Å². The van der Waals surface area contributed by atoms with Gasteiger partial charge in [0, 0.05) is 6.61 Å². The van der Waals surface area contributed by atoms with Crippen LogP contribution in [0.5, 0.6) is 0 Å². The quantitative estimate of drug-likeness (QED) is 0.865. The molecule has 0 amide bonds. The minimum absolute atomic E-state index is 0.341. The number of aliphatic hydroxyl groups is 1. The molecule has 3 rings (SSSR count). The molecule has 1 unspecified atom stereocenters. The van der Waals surface area contributed by atoms with Gasteiger partial charge >= 0.3 is 0 Å². The van der Waals surface area contributed by atoms with Crippen LogP contribution in [-0.4, -0.2) is 17.3 Å². The van der Waals surface area contributed by atoms with E-state index in [1.807, 2.05) is 6.92 Å². The van der Waals surface area contributed by atoms with Crippen LogP contribution in [0.25, 0.3) is 0 Å². The van der Waals surface area contributed by atoms with Crippen LogP contribution in [0.1, 0.15) is 75.0 Å². The molecule has 0 bridgehead atoms. The van der Waals surface area contributed by atoms with E-state index in [1.165, 1.54) is 24.8 Å². The fraction of sp³-hybridized carbons (Fsp3) is 0.667. The van der Waals surface area contributed by atoms with Crippen LogP contribution >= 0.6 is 0 Å². The summed E-state index contributed by atoms with van der Waals surface area (Å²) in [6.07, 6.45) is 7.81. The number of benzene rings is 1. The van der Waals surface area contributed by atoms with Crippen LogP contribution in [0.3, 0.4) is 0 Å². The minimum atomic E-state index is -0.486. The lowest BCUT2D eigenvalue weighted by Gasteiger charge is -2.34. The molecule has 2 nitrogen and oxygen atoms in total. The van der Waals surface area contributed by atoms with Crippen molar-refractivity contribution in [1.29, 1.82) is 0 Å². The predicted octanol–water partition coefficient (Wildman–Crippen LogP) is 4.34. The Morgan fingerprint density at radius 1 is 1.15 bits per heavy atom. The summed E-state index contributed by atoms with van der Waals surface area (Å²) in [6, 6.07) is 8.63. The van der Waals surface area contributed by atoms with Crippen molar-refractivity contribution in [2.24, 2.45) is 0 Å². The summed E-state index contributed by atoms with van der Waals surface area (Å²) in [5.74, 6) is 0.758. The Morgan fingerprint density at radius 3 is 2.30 bits per heavy atom. The summed E-state index contributed by atoms with van der Waals surface area (Å²) in [4.78, 5) is 0. The van der Waals surface area contributed by atoms with E-state index in [0.29, 0.717) is 6.61 Å². The molecule has 1 aromatic rings. The maximum Gasteiger partial charge on any atom is 0.108 e. The van der Waals surface area contributed by atoms with E-state index in [1.54, 1.807) is 0 Å². The largest absolute Gasteiger partial charge is 0.385 e. The molecule has 0 heterocycles. The molecule has 2 aliphatic rings. The smallest absolute Gasteiger partial charge is 0.108 e. The minimum Gasteiger partial charge on any atom is -0.385 e. The SMILES string of the molecule is CCOC1(C(O)c2ccc(C3CCC3)cc2)CCCC1. The third kappa shape index (κ3) is 2.51. The first-order chi connectivity index (χ1) is 9.75. The van der Waals surface area contributed by atoms with Crippen LogP contribution in [0.2, 0.25) is 0 Å². The Morgan fingerprint density at radius 2 is 1.80 bits per heavy atom. The van der Waals surface area contributed by atoms with Crippen molar-refractivity contribution in [3.63, 3.8) is 0 Å². The molecule has 2 fully saturated rings. The van der Waals surface area contributed by atoms with E-state index in [0.717, 1.165) is 37.2 Å². The summed E-state index contributed by atoms with van der Waals surface area (Å²) in [7, 11) is 0. The van der Waals surface area contributed by atoms with Gasteiger partial charge in [-0.05, 0) is 49.7 Å². The summed E-state index contributed by atoms with van der Waals surface area (Å²) >= 11 is 0. The van der Waals surface area contributed by atoms with Crippen molar-refractivity contribution < 1.29 is 9.84 Å². The number of hydrogen-bond acceptors (Lipinski definition) is 2. The Hall–Kier alpha value is -0.860. The number of aliphatic hydroxyl groups excluding tert-OH is 1. The van der Waals surface area contributed by atoms with Crippen molar-refractivity contribution in [2.75, 3.05) is 6.61 Å². The van der Waals surface area contributed by atoms with Crippen LogP contribution in [0.15, 0.2) is 24.3 Å². The maximum absolute atomic E-state index is 10.8. The van der Waals surface area contributed by atoms with E-state index in [-0.39, 0.29) is 5.60 Å². The second-order valence-corrected chi connectivity index (χ2v) is 6.40. The molecule has 0 spiro atoms. The molecule has 1 aromatic carbocycles. The molecule has 0 radical (unpaired) electrons. The maximum atomic E-state index is 10.8. The zero-order chi connectivity index (χ0) is 14.0. The standard InChI is InChI=1S/C18H26O2/c1-2-20-18(12-3-4-13-18)17(19)16-10-8-15(9-11-16)14-6-5-7-14/h8-11,14,17,19H,2-7,12-13H2,1H3. The first kappa shape index (κ1) is 14.1. The second-order valence-electron chi connectivity index (χ2n) is 6.40. The molecule has 2 aliphatic carbocycles. The first-order valence-corrected chi connectivity index (χ1v) is 8.17. The van der Waals surface area contributed by atoms with Gasteiger partial charge in [-0.2, -0.15) is 0 Å². The summed E-state index contributed by atoms with van der Waals surface area (Å²) < 4.78 is 5.97. The molecule has 1 atom stereocenters. The fourth-order valence-electron chi connectivity index (χ4n) is 3.75. The highest BCUT2D eigenvalue weighted by Gasteiger charge is 2.42. The Labute approximate surface area is 122 Å². The summed E-state index contributed by atoms with van der Waals surface area (Å²) in [6.45, 7) is 2.70. The lowest BCUT2D eigenvalue weighted by Crippen LogP contribution is -2.36. The van der Waals surface area contributed by atoms with Gasteiger partial charge in [-0.3, -0.25) is 0 Å². The van der Waals surface area contributed by atoms with Crippen LogP contribution in [-0.2, 0) is 4.74 Å². The van der Waals surface area contributed by atoms with Crippen molar-refractivity contribution in [1.82, 2.24) is 0 Å². The van der Waals surface area contributed by atoms with Gasteiger partial charge in [0.25, 0.3) is 0 Å². The Balaban J connectivity index is 1.76. The average Bonchev–Trinajstić information content (AvgIpc) is 2.87. The molecular weight excluding hydrogens is 248 g/mol. The molecule has 20 heavy (non-hydrogen) atoms. The summed E-state index contributed by atoms with van der Waals surface area (Å²) in [5, 5.41) is 10.8. The third-order valence-electron chi connectivity index (χ3n) is 5.21. The van der Waals surface area contributed by atoms with Crippen LogP contribution in [0, 0.1) is 0 Å². The zero-order valence-electron chi connectivity index (χ0n) is 12.5. The molecule has 110 valence electrons.